The van der Waals surface area contributed by atoms with Crippen LogP contribution in [0.2, 0.25) is 0 Å². The molecule has 1 aromatic carbocycles. The zero-order valence-electron chi connectivity index (χ0n) is 6.47. The van der Waals surface area contributed by atoms with Crippen LogP contribution in [-0.4, -0.2) is 5.91 Å². The van der Waals surface area contributed by atoms with Gasteiger partial charge in [-0.25, -0.2) is 0 Å². The average Bonchev–Trinajstić information content (AvgIpc) is 2.16. The second kappa shape index (κ2) is 4.48. The molecular weight excluding hydrogens is 302 g/mol. The van der Waals surface area contributed by atoms with E-state index in [-0.39, 0.29) is 0 Å². The highest BCUT2D eigenvalue weighted by Gasteiger charge is 2.03. The van der Waals surface area contributed by atoms with Gasteiger partial charge in [0.1, 0.15) is 0 Å². The molecule has 0 aliphatic heterocycles. The third-order valence-electron chi connectivity index (χ3n) is 1.44. The van der Waals surface area contributed by atoms with Gasteiger partial charge in [-0.15, -0.1) is 0 Å². The van der Waals surface area contributed by atoms with E-state index in [2.05, 4.69) is 41.0 Å². The lowest BCUT2D eigenvalue weighted by molar-refractivity contribution is 0.100. The molecule has 1 aromatic rings. The van der Waals surface area contributed by atoms with Crippen LogP contribution < -0.4 is 14.4 Å². The van der Waals surface area contributed by atoms with Crippen molar-refractivity contribution in [3.8, 4) is 0 Å². The third kappa shape index (κ3) is 2.60. The summed E-state index contributed by atoms with van der Waals surface area (Å²) < 4.78 is 5.48. The molecule has 6 heteroatoms. The van der Waals surface area contributed by atoms with Crippen molar-refractivity contribution in [3.05, 3.63) is 23.8 Å². The van der Waals surface area contributed by atoms with Crippen LogP contribution in [0.5, 0.6) is 0 Å². The number of hydrogen-bond acceptors (Lipinski definition) is 3. The second-order valence-corrected chi connectivity index (χ2v) is 3.15. The van der Waals surface area contributed by atoms with E-state index in [1.54, 1.807) is 18.2 Å². The molecule has 0 spiro atoms. The van der Waals surface area contributed by atoms with Crippen LogP contribution in [0.1, 0.15) is 10.4 Å². The molecule has 0 saturated carbocycles. The van der Waals surface area contributed by atoms with Gasteiger partial charge in [-0.1, -0.05) is 0 Å². The molecule has 0 radical (unpaired) electrons. The first-order valence-electron chi connectivity index (χ1n) is 3.35. The van der Waals surface area contributed by atoms with Crippen molar-refractivity contribution >= 4 is 49.6 Å². The highest BCUT2D eigenvalue weighted by Crippen LogP contribution is 2.20. The molecule has 0 atom stereocenters. The highest BCUT2D eigenvalue weighted by molar-refractivity contribution is 9.10. The van der Waals surface area contributed by atoms with Crippen LogP contribution in [0.3, 0.4) is 0 Å². The van der Waals surface area contributed by atoms with Crippen LogP contribution >= 0.6 is 32.3 Å². The number of rotatable bonds is 3. The van der Waals surface area contributed by atoms with E-state index < -0.39 is 5.91 Å². The number of halogens is 2. The van der Waals surface area contributed by atoms with Gasteiger partial charge in [-0.3, -0.25) is 4.79 Å². The van der Waals surface area contributed by atoms with Gasteiger partial charge in [-0.2, -0.15) is 0 Å². The van der Waals surface area contributed by atoms with E-state index in [0.29, 0.717) is 5.56 Å². The van der Waals surface area contributed by atoms with Gasteiger partial charge >= 0.3 is 0 Å². The Balaban J connectivity index is 3.14. The fraction of sp³-hybridized carbons (Fsp3) is 0. The highest BCUT2D eigenvalue weighted by atomic mass is 79.9. The molecule has 4 N–H and O–H groups in total. The molecule has 0 fully saturated rings. The fourth-order valence-electron chi connectivity index (χ4n) is 0.879. The molecule has 13 heavy (non-hydrogen) atoms. The maximum atomic E-state index is 10.9. The van der Waals surface area contributed by atoms with E-state index in [0.717, 1.165) is 11.4 Å². The van der Waals surface area contributed by atoms with E-state index in [9.17, 15) is 4.79 Å². The third-order valence-corrected chi connectivity index (χ3v) is 2.35. The minimum absolute atomic E-state index is 0.436. The Labute approximate surface area is 92.6 Å². The number of primary amides is 1. The van der Waals surface area contributed by atoms with Gasteiger partial charge in [0.2, 0.25) is 5.91 Å². The molecule has 0 saturated heterocycles. The predicted octanol–water partition coefficient (Wildman–Crippen LogP) is 2.23. The molecule has 70 valence electrons. The maximum Gasteiger partial charge on any atom is 0.248 e. The van der Waals surface area contributed by atoms with Crippen LogP contribution in [0.25, 0.3) is 0 Å². The zero-order valence-corrected chi connectivity index (χ0v) is 9.65. The Morgan fingerprint density at radius 1 is 1.15 bits per heavy atom. The molecule has 0 heterocycles. The number of benzene rings is 1. The molecule has 0 bridgehead atoms. The lowest BCUT2D eigenvalue weighted by Gasteiger charge is -2.04. The van der Waals surface area contributed by atoms with Crippen molar-refractivity contribution in [3.63, 3.8) is 0 Å². The Morgan fingerprint density at radius 2 is 1.62 bits per heavy atom. The number of amides is 1. The summed E-state index contributed by atoms with van der Waals surface area (Å²) in [5, 5.41) is 0. The van der Waals surface area contributed by atoms with Gasteiger partial charge in [0.05, 0.1) is 0 Å². The van der Waals surface area contributed by atoms with Crippen molar-refractivity contribution in [1.29, 1.82) is 0 Å². The van der Waals surface area contributed by atoms with Crippen LogP contribution in [0.4, 0.5) is 11.4 Å². The first-order chi connectivity index (χ1) is 6.17. The van der Waals surface area contributed by atoms with Crippen molar-refractivity contribution < 1.29 is 4.79 Å². The molecule has 0 aromatic heterocycles. The van der Waals surface area contributed by atoms with E-state index in [4.69, 9.17) is 5.73 Å². The topological polar surface area (TPSA) is 67.2 Å². The van der Waals surface area contributed by atoms with E-state index >= 15 is 0 Å². The average molecular weight is 309 g/mol. The molecule has 1 amide bonds. The number of hydrogen-bond donors (Lipinski definition) is 3. The van der Waals surface area contributed by atoms with Crippen molar-refractivity contribution in [2.45, 2.75) is 0 Å². The molecule has 0 unspecified atom stereocenters. The normalized spacial score (nSPS) is 9.38. The van der Waals surface area contributed by atoms with Gasteiger partial charge in [0.25, 0.3) is 0 Å². The fourth-order valence-corrected chi connectivity index (χ4v) is 1.34. The van der Waals surface area contributed by atoms with Crippen LogP contribution in [-0.2, 0) is 0 Å². The largest absolute Gasteiger partial charge is 0.366 e. The van der Waals surface area contributed by atoms with E-state index in [1.165, 1.54) is 0 Å². The minimum Gasteiger partial charge on any atom is -0.366 e. The molecule has 4 nitrogen and oxygen atoms in total. The molecular formula is C7H7Br2N3O. The summed E-state index contributed by atoms with van der Waals surface area (Å²) in [6.07, 6.45) is 0. The Morgan fingerprint density at radius 3 is 1.92 bits per heavy atom. The second-order valence-electron chi connectivity index (χ2n) is 2.35. The van der Waals surface area contributed by atoms with Crippen molar-refractivity contribution in [1.82, 2.24) is 0 Å². The smallest absolute Gasteiger partial charge is 0.248 e. The summed E-state index contributed by atoms with van der Waals surface area (Å²) in [6.45, 7) is 0. The summed E-state index contributed by atoms with van der Waals surface area (Å²) in [7, 11) is 0. The van der Waals surface area contributed by atoms with Gasteiger partial charge in [-0.05, 0) is 18.2 Å². The summed E-state index contributed by atoms with van der Waals surface area (Å²) in [4.78, 5) is 10.9. The summed E-state index contributed by atoms with van der Waals surface area (Å²) in [5.41, 5.74) is 7.07. The lowest BCUT2D eigenvalue weighted by Crippen LogP contribution is -2.11. The Hall–Kier alpha value is -0.750. The van der Waals surface area contributed by atoms with Crippen molar-refractivity contribution in [2.75, 3.05) is 8.69 Å². The van der Waals surface area contributed by atoms with Crippen LogP contribution in [0, 0.1) is 0 Å². The molecule has 1 rings (SSSR count). The zero-order chi connectivity index (χ0) is 9.84. The minimum atomic E-state index is -0.464. The number of carbonyl (C=O) groups excluding carboxylic acids is 1. The summed E-state index contributed by atoms with van der Waals surface area (Å²) in [6, 6.07) is 5.09. The standard InChI is InChI=1S/C7H7Br2N3O/c8-11-5-1-4(7(10)13)2-6(3-5)12-9/h1-3,11-12H,(H2,10,13). The first kappa shape index (κ1) is 10.3. The quantitative estimate of drug-likeness (QED) is 0.750. The van der Waals surface area contributed by atoms with E-state index in [1.807, 2.05) is 0 Å². The number of nitrogens with one attached hydrogen (secondary N) is 2. The monoisotopic (exact) mass is 307 g/mol. The SMILES string of the molecule is NC(=O)c1cc(NBr)cc(NBr)c1. The lowest BCUT2D eigenvalue weighted by atomic mass is 10.2. The Kier molecular flexibility index (Phi) is 3.56. The molecule has 0 aliphatic rings. The van der Waals surface area contributed by atoms with Gasteiger partial charge in [0, 0.05) is 49.2 Å². The number of anilines is 2. The summed E-state index contributed by atoms with van der Waals surface area (Å²) >= 11 is 6.12. The van der Waals surface area contributed by atoms with Crippen molar-refractivity contribution in [2.24, 2.45) is 5.73 Å². The predicted molar refractivity (Wildman–Crippen MR) is 60.1 cm³/mol. The number of nitrogens with two attached hydrogens (primary N) is 1. The first-order valence-corrected chi connectivity index (χ1v) is 4.94. The van der Waals surface area contributed by atoms with Gasteiger partial charge in [0.15, 0.2) is 0 Å². The summed E-state index contributed by atoms with van der Waals surface area (Å²) in [5.74, 6) is -0.464. The Bertz CT molecular complexity index is 307. The number of carbonyl (C=O) groups is 1. The van der Waals surface area contributed by atoms with Gasteiger partial charge < -0.3 is 14.4 Å². The van der Waals surface area contributed by atoms with Crippen LogP contribution in [0.15, 0.2) is 18.2 Å². The maximum absolute atomic E-state index is 10.9. The molecule has 0 aliphatic carbocycles.